The number of para-hydroxylation sites is 1. The Hall–Kier alpha value is -2.67. The number of piperazine rings is 1. The van der Waals surface area contributed by atoms with Crippen molar-refractivity contribution in [2.24, 2.45) is 7.05 Å². The van der Waals surface area contributed by atoms with Crippen LogP contribution in [0.4, 0.5) is 10.5 Å². The summed E-state index contributed by atoms with van der Waals surface area (Å²) >= 11 is 0. The first-order valence-electron chi connectivity index (χ1n) is 8.03. The summed E-state index contributed by atoms with van der Waals surface area (Å²) in [6, 6.07) is 8.52. The number of benzene rings is 1. The van der Waals surface area contributed by atoms with E-state index in [1.807, 2.05) is 37.6 Å². The van der Waals surface area contributed by atoms with Crippen LogP contribution in [0.1, 0.15) is 5.56 Å². The Labute approximate surface area is 140 Å². The summed E-state index contributed by atoms with van der Waals surface area (Å²) in [4.78, 5) is 30.6. The minimum atomic E-state index is -0.400. The molecule has 3 heterocycles. The van der Waals surface area contributed by atoms with E-state index in [1.165, 1.54) is 4.90 Å². The summed E-state index contributed by atoms with van der Waals surface area (Å²) in [5.74, 6) is -0.137. The monoisotopic (exact) mass is 325 g/mol. The highest BCUT2D eigenvalue weighted by atomic mass is 16.2. The minimum Gasteiger partial charge on any atom is -0.309 e. The van der Waals surface area contributed by atoms with Crippen LogP contribution in [0.2, 0.25) is 0 Å². The summed E-state index contributed by atoms with van der Waals surface area (Å²) in [7, 11) is 1.89. The smallest absolute Gasteiger partial charge is 0.309 e. The first-order valence-corrected chi connectivity index (χ1v) is 8.03. The van der Waals surface area contributed by atoms with Gasteiger partial charge in [0, 0.05) is 45.0 Å². The molecule has 4 rings (SSSR count). The average Bonchev–Trinajstić information content (AvgIpc) is 3.10. The highest BCUT2D eigenvalue weighted by molar-refractivity contribution is 6.21. The van der Waals surface area contributed by atoms with Gasteiger partial charge in [0.15, 0.2) is 0 Å². The lowest BCUT2D eigenvalue weighted by Gasteiger charge is -2.35. The third-order valence-electron chi connectivity index (χ3n) is 4.59. The number of aromatic nitrogens is 2. The van der Waals surface area contributed by atoms with Gasteiger partial charge < -0.3 is 4.90 Å². The third kappa shape index (κ3) is 2.46. The summed E-state index contributed by atoms with van der Waals surface area (Å²) in [6.07, 6.45) is 3.81. The zero-order chi connectivity index (χ0) is 16.7. The van der Waals surface area contributed by atoms with Crippen molar-refractivity contribution in [2.75, 3.05) is 24.5 Å². The number of rotatable bonds is 3. The van der Waals surface area contributed by atoms with E-state index in [4.69, 9.17) is 0 Å². The van der Waals surface area contributed by atoms with Crippen molar-refractivity contribution in [2.45, 2.75) is 12.6 Å². The van der Waals surface area contributed by atoms with Gasteiger partial charge in [0.1, 0.15) is 6.04 Å². The predicted molar refractivity (Wildman–Crippen MR) is 88.3 cm³/mol. The van der Waals surface area contributed by atoms with E-state index in [0.717, 1.165) is 18.7 Å². The Kier molecular flexibility index (Phi) is 3.57. The van der Waals surface area contributed by atoms with Gasteiger partial charge in [-0.2, -0.15) is 5.10 Å². The second kappa shape index (κ2) is 5.76. The maximum Gasteiger partial charge on any atom is 0.332 e. The number of amides is 3. The lowest BCUT2D eigenvalue weighted by atomic mass is 10.1. The molecule has 0 radical (unpaired) electrons. The van der Waals surface area contributed by atoms with Crippen molar-refractivity contribution in [1.29, 1.82) is 0 Å². The molecule has 0 spiro atoms. The molecule has 7 nitrogen and oxygen atoms in total. The Morgan fingerprint density at radius 1 is 1.17 bits per heavy atom. The Morgan fingerprint density at radius 2 is 1.96 bits per heavy atom. The van der Waals surface area contributed by atoms with Gasteiger partial charge in [-0.3, -0.25) is 14.4 Å². The van der Waals surface area contributed by atoms with E-state index in [2.05, 4.69) is 10.00 Å². The second-order valence-electron chi connectivity index (χ2n) is 6.26. The van der Waals surface area contributed by atoms with E-state index in [9.17, 15) is 9.59 Å². The third-order valence-corrected chi connectivity index (χ3v) is 4.59. The van der Waals surface area contributed by atoms with Gasteiger partial charge in [0.25, 0.3) is 5.91 Å². The van der Waals surface area contributed by atoms with E-state index >= 15 is 0 Å². The number of carbonyl (C=O) groups excluding carboxylic acids is 2. The molecular formula is C17H19N5O2. The quantitative estimate of drug-likeness (QED) is 0.792. The highest BCUT2D eigenvalue weighted by Gasteiger charge is 2.48. The molecule has 1 aromatic heterocycles. The van der Waals surface area contributed by atoms with E-state index < -0.39 is 6.04 Å². The normalized spacial score (nSPS) is 21.5. The molecule has 0 N–H and O–H groups in total. The molecule has 2 fully saturated rings. The van der Waals surface area contributed by atoms with Gasteiger partial charge in [-0.05, 0) is 12.1 Å². The Morgan fingerprint density at radius 3 is 2.67 bits per heavy atom. The van der Waals surface area contributed by atoms with Crippen molar-refractivity contribution in [3.8, 4) is 0 Å². The summed E-state index contributed by atoms with van der Waals surface area (Å²) in [6.45, 7) is 2.62. The summed E-state index contributed by atoms with van der Waals surface area (Å²) in [5, 5.41) is 4.18. The number of hydrogen-bond acceptors (Lipinski definition) is 4. The molecule has 7 heteroatoms. The van der Waals surface area contributed by atoms with Crippen molar-refractivity contribution in [3.05, 3.63) is 48.3 Å². The number of carbonyl (C=O) groups is 2. The molecule has 2 aliphatic rings. The van der Waals surface area contributed by atoms with Crippen LogP contribution in [0.25, 0.3) is 0 Å². The lowest BCUT2D eigenvalue weighted by Crippen LogP contribution is -2.52. The van der Waals surface area contributed by atoms with Gasteiger partial charge in [0.05, 0.1) is 11.9 Å². The van der Waals surface area contributed by atoms with Crippen molar-refractivity contribution >= 4 is 17.6 Å². The maximum atomic E-state index is 12.8. The van der Waals surface area contributed by atoms with Gasteiger partial charge in [-0.25, -0.2) is 9.69 Å². The number of urea groups is 1. The van der Waals surface area contributed by atoms with Gasteiger partial charge in [0.2, 0.25) is 0 Å². The fourth-order valence-electron chi connectivity index (χ4n) is 3.42. The minimum absolute atomic E-state index is 0.137. The molecule has 24 heavy (non-hydrogen) atoms. The number of fused-ring (bicyclic) bond motifs is 1. The largest absolute Gasteiger partial charge is 0.332 e. The number of aryl methyl sites for hydroxylation is 1. The summed E-state index contributed by atoms with van der Waals surface area (Å²) in [5.41, 5.74) is 1.75. The molecule has 0 bridgehead atoms. The average molecular weight is 325 g/mol. The molecule has 0 aliphatic carbocycles. The number of anilines is 1. The van der Waals surface area contributed by atoms with Crippen LogP contribution in [0.5, 0.6) is 0 Å². The van der Waals surface area contributed by atoms with Crippen molar-refractivity contribution < 1.29 is 9.59 Å². The van der Waals surface area contributed by atoms with E-state index in [-0.39, 0.29) is 11.9 Å². The standard InChI is InChI=1S/C17H19N5O2/c1-19-10-13(9-18-19)11-20-7-8-21-15(12-20)16(23)22(17(21)24)14-5-3-2-4-6-14/h2-6,9-10,15H,7-8,11-12H2,1H3/t15-/m0/s1. The van der Waals surface area contributed by atoms with Crippen LogP contribution in [0, 0.1) is 0 Å². The van der Waals surface area contributed by atoms with Crippen LogP contribution in [0.3, 0.4) is 0 Å². The SMILES string of the molecule is Cn1cc(CN2CCN3C(=O)N(c4ccccc4)C(=O)[C@@H]3C2)cn1. The topological polar surface area (TPSA) is 61.7 Å². The van der Waals surface area contributed by atoms with Crippen molar-refractivity contribution in [1.82, 2.24) is 19.6 Å². The number of imide groups is 1. The lowest BCUT2D eigenvalue weighted by molar-refractivity contribution is -0.121. The zero-order valence-corrected chi connectivity index (χ0v) is 13.5. The zero-order valence-electron chi connectivity index (χ0n) is 13.5. The van der Waals surface area contributed by atoms with Crippen LogP contribution < -0.4 is 4.90 Å². The van der Waals surface area contributed by atoms with Crippen molar-refractivity contribution in [3.63, 3.8) is 0 Å². The molecule has 1 atom stereocenters. The van der Waals surface area contributed by atoms with Crippen LogP contribution in [-0.4, -0.2) is 57.2 Å². The van der Waals surface area contributed by atoms with E-state index in [1.54, 1.807) is 21.7 Å². The Balaban J connectivity index is 1.51. The first kappa shape index (κ1) is 14.9. The van der Waals surface area contributed by atoms with Gasteiger partial charge in [-0.15, -0.1) is 0 Å². The molecule has 1 aromatic carbocycles. The summed E-state index contributed by atoms with van der Waals surface area (Å²) < 4.78 is 1.77. The number of hydrogen-bond donors (Lipinski definition) is 0. The molecule has 124 valence electrons. The van der Waals surface area contributed by atoms with Gasteiger partial charge >= 0.3 is 6.03 Å². The van der Waals surface area contributed by atoms with E-state index in [0.29, 0.717) is 18.8 Å². The molecule has 0 saturated carbocycles. The van der Waals surface area contributed by atoms with Crippen LogP contribution >= 0.6 is 0 Å². The van der Waals surface area contributed by atoms with Gasteiger partial charge in [-0.1, -0.05) is 18.2 Å². The molecule has 2 aromatic rings. The fourth-order valence-corrected chi connectivity index (χ4v) is 3.42. The first-order chi connectivity index (χ1) is 11.6. The molecule has 3 amide bonds. The Bertz CT molecular complexity index is 772. The fraction of sp³-hybridized carbons (Fsp3) is 0.353. The number of nitrogens with zero attached hydrogens (tertiary/aromatic N) is 5. The molecular weight excluding hydrogens is 306 g/mol. The highest BCUT2D eigenvalue weighted by Crippen LogP contribution is 2.27. The molecule has 2 aliphatic heterocycles. The molecule has 0 unspecified atom stereocenters. The predicted octanol–water partition coefficient (Wildman–Crippen LogP) is 1.07. The van der Waals surface area contributed by atoms with Crippen LogP contribution in [0.15, 0.2) is 42.7 Å². The second-order valence-corrected chi connectivity index (χ2v) is 6.26. The molecule has 2 saturated heterocycles. The maximum absolute atomic E-state index is 12.8. The van der Waals surface area contributed by atoms with Crippen LogP contribution in [-0.2, 0) is 18.4 Å².